The van der Waals surface area contributed by atoms with Gasteiger partial charge >= 0.3 is 0 Å². The molecule has 0 saturated heterocycles. The predicted molar refractivity (Wildman–Crippen MR) is 64.5 cm³/mol. The minimum atomic E-state index is 0.609. The van der Waals surface area contributed by atoms with Gasteiger partial charge in [0.1, 0.15) is 5.75 Å². The molecule has 0 fully saturated rings. The molecule has 2 aromatic carbocycles. The molecular weight excluding hydrogens is 202 g/mol. The number of hydrogen-bond acceptors (Lipinski definition) is 3. The van der Waals surface area contributed by atoms with E-state index in [-0.39, 0.29) is 0 Å². The van der Waals surface area contributed by atoms with E-state index in [1.807, 2.05) is 36.4 Å². The first kappa shape index (κ1) is 10.5. The van der Waals surface area contributed by atoms with Gasteiger partial charge in [-0.2, -0.15) is 0 Å². The summed E-state index contributed by atoms with van der Waals surface area (Å²) in [7, 11) is 1.65. The average Bonchev–Trinajstić information content (AvgIpc) is 2.36. The zero-order chi connectivity index (χ0) is 11.5. The summed E-state index contributed by atoms with van der Waals surface area (Å²) < 4.78 is 5.16. The Hall–Kier alpha value is -2.03. The van der Waals surface area contributed by atoms with Gasteiger partial charge < -0.3 is 9.94 Å². The molecule has 3 heteroatoms. The summed E-state index contributed by atoms with van der Waals surface area (Å²) in [5.41, 5.74) is 1.53. The SMILES string of the molecule is COc1ccc2cc(C(C)=NO)ccc2c1. The maximum atomic E-state index is 8.71. The quantitative estimate of drug-likeness (QED) is 0.475. The van der Waals surface area contributed by atoms with Gasteiger partial charge in [-0.1, -0.05) is 23.4 Å². The van der Waals surface area contributed by atoms with Gasteiger partial charge in [-0.15, -0.1) is 0 Å². The van der Waals surface area contributed by atoms with Crippen LogP contribution in [0.1, 0.15) is 12.5 Å². The minimum absolute atomic E-state index is 0.609. The molecule has 0 aromatic heterocycles. The fourth-order valence-corrected chi connectivity index (χ4v) is 1.63. The predicted octanol–water partition coefficient (Wildman–Crippen LogP) is 3.05. The summed E-state index contributed by atoms with van der Waals surface area (Å²) in [4.78, 5) is 0. The van der Waals surface area contributed by atoms with Gasteiger partial charge in [0, 0.05) is 0 Å². The number of methoxy groups -OCH3 is 1. The molecule has 0 aliphatic carbocycles. The van der Waals surface area contributed by atoms with Gasteiger partial charge in [0.15, 0.2) is 0 Å². The van der Waals surface area contributed by atoms with Crippen LogP contribution < -0.4 is 4.74 Å². The van der Waals surface area contributed by atoms with Crippen molar-refractivity contribution in [2.75, 3.05) is 7.11 Å². The van der Waals surface area contributed by atoms with Crippen molar-refractivity contribution in [2.24, 2.45) is 5.16 Å². The molecule has 82 valence electrons. The van der Waals surface area contributed by atoms with Crippen molar-refractivity contribution in [3.05, 3.63) is 42.0 Å². The van der Waals surface area contributed by atoms with Crippen LogP contribution in [0.15, 0.2) is 41.6 Å². The molecule has 0 unspecified atom stereocenters. The molecule has 0 amide bonds. The van der Waals surface area contributed by atoms with E-state index in [9.17, 15) is 0 Å². The number of ether oxygens (including phenoxy) is 1. The summed E-state index contributed by atoms with van der Waals surface area (Å²) in [6, 6.07) is 11.8. The number of benzene rings is 2. The Morgan fingerprint density at radius 3 is 2.50 bits per heavy atom. The summed E-state index contributed by atoms with van der Waals surface area (Å²) in [5, 5.41) is 14.1. The highest BCUT2D eigenvalue weighted by atomic mass is 16.5. The van der Waals surface area contributed by atoms with E-state index in [1.165, 1.54) is 0 Å². The lowest BCUT2D eigenvalue weighted by Gasteiger charge is -2.04. The minimum Gasteiger partial charge on any atom is -0.497 e. The van der Waals surface area contributed by atoms with E-state index in [0.29, 0.717) is 5.71 Å². The highest BCUT2D eigenvalue weighted by Gasteiger charge is 2.01. The smallest absolute Gasteiger partial charge is 0.119 e. The van der Waals surface area contributed by atoms with Crippen molar-refractivity contribution in [3.8, 4) is 5.75 Å². The molecule has 2 aromatic rings. The molecule has 0 saturated carbocycles. The Bertz CT molecular complexity index is 547. The Morgan fingerprint density at radius 1 is 1.12 bits per heavy atom. The van der Waals surface area contributed by atoms with Crippen LogP contribution in [0.5, 0.6) is 5.75 Å². The summed E-state index contributed by atoms with van der Waals surface area (Å²) in [6.45, 7) is 1.77. The second kappa shape index (κ2) is 4.23. The van der Waals surface area contributed by atoms with Gasteiger partial charge in [-0.05, 0) is 41.5 Å². The molecule has 0 spiro atoms. The van der Waals surface area contributed by atoms with E-state index < -0.39 is 0 Å². The van der Waals surface area contributed by atoms with Crippen LogP contribution in [0.2, 0.25) is 0 Å². The maximum absolute atomic E-state index is 8.71. The Kier molecular flexibility index (Phi) is 2.77. The molecule has 0 heterocycles. The first-order chi connectivity index (χ1) is 7.74. The van der Waals surface area contributed by atoms with Crippen LogP contribution in [-0.2, 0) is 0 Å². The molecule has 0 atom stereocenters. The molecule has 0 aliphatic rings. The van der Waals surface area contributed by atoms with Crippen LogP contribution in [0.25, 0.3) is 10.8 Å². The van der Waals surface area contributed by atoms with E-state index in [0.717, 1.165) is 22.1 Å². The van der Waals surface area contributed by atoms with Crippen molar-refractivity contribution in [1.82, 2.24) is 0 Å². The normalized spacial score (nSPS) is 11.8. The van der Waals surface area contributed by atoms with E-state index in [2.05, 4.69) is 5.16 Å². The first-order valence-electron chi connectivity index (χ1n) is 5.01. The number of fused-ring (bicyclic) bond motifs is 1. The highest BCUT2D eigenvalue weighted by Crippen LogP contribution is 2.22. The number of nitrogens with zero attached hydrogens (tertiary/aromatic N) is 1. The average molecular weight is 215 g/mol. The topological polar surface area (TPSA) is 41.8 Å². The van der Waals surface area contributed by atoms with Crippen molar-refractivity contribution in [1.29, 1.82) is 0 Å². The Morgan fingerprint density at radius 2 is 1.81 bits per heavy atom. The van der Waals surface area contributed by atoms with Gasteiger partial charge in [0.05, 0.1) is 12.8 Å². The Balaban J connectivity index is 2.56. The molecule has 0 aliphatic heterocycles. The zero-order valence-corrected chi connectivity index (χ0v) is 9.27. The van der Waals surface area contributed by atoms with Crippen molar-refractivity contribution < 1.29 is 9.94 Å². The molecule has 2 rings (SSSR count). The van der Waals surface area contributed by atoms with Crippen molar-refractivity contribution in [2.45, 2.75) is 6.92 Å². The number of oxime groups is 1. The fourth-order valence-electron chi connectivity index (χ4n) is 1.63. The zero-order valence-electron chi connectivity index (χ0n) is 9.27. The lowest BCUT2D eigenvalue weighted by molar-refractivity contribution is 0.319. The molecule has 3 nitrogen and oxygen atoms in total. The molecule has 0 bridgehead atoms. The number of hydrogen-bond donors (Lipinski definition) is 1. The number of rotatable bonds is 2. The van der Waals surface area contributed by atoms with E-state index >= 15 is 0 Å². The highest BCUT2D eigenvalue weighted by molar-refractivity contribution is 6.01. The van der Waals surface area contributed by atoms with Crippen LogP contribution in [0.3, 0.4) is 0 Å². The lowest BCUT2D eigenvalue weighted by Crippen LogP contribution is -1.93. The van der Waals surface area contributed by atoms with Gasteiger partial charge in [0.25, 0.3) is 0 Å². The molecule has 0 radical (unpaired) electrons. The monoisotopic (exact) mass is 215 g/mol. The van der Waals surface area contributed by atoms with Crippen LogP contribution >= 0.6 is 0 Å². The second-order valence-electron chi connectivity index (χ2n) is 3.61. The van der Waals surface area contributed by atoms with Crippen LogP contribution in [0.4, 0.5) is 0 Å². The fraction of sp³-hybridized carbons (Fsp3) is 0.154. The second-order valence-corrected chi connectivity index (χ2v) is 3.61. The van der Waals surface area contributed by atoms with Gasteiger partial charge in [-0.3, -0.25) is 0 Å². The third-order valence-electron chi connectivity index (χ3n) is 2.62. The van der Waals surface area contributed by atoms with E-state index in [1.54, 1.807) is 14.0 Å². The summed E-state index contributed by atoms with van der Waals surface area (Å²) in [6.07, 6.45) is 0. The largest absolute Gasteiger partial charge is 0.497 e. The Labute approximate surface area is 94.0 Å². The third kappa shape index (κ3) is 1.84. The first-order valence-corrected chi connectivity index (χ1v) is 5.01. The maximum Gasteiger partial charge on any atom is 0.119 e. The van der Waals surface area contributed by atoms with Crippen LogP contribution in [0, 0.1) is 0 Å². The molecule has 1 N–H and O–H groups in total. The third-order valence-corrected chi connectivity index (χ3v) is 2.62. The van der Waals surface area contributed by atoms with Gasteiger partial charge in [0.2, 0.25) is 0 Å². The van der Waals surface area contributed by atoms with Crippen molar-refractivity contribution >= 4 is 16.5 Å². The summed E-state index contributed by atoms with van der Waals surface area (Å²) in [5.74, 6) is 0.841. The molecule has 16 heavy (non-hydrogen) atoms. The van der Waals surface area contributed by atoms with Gasteiger partial charge in [-0.25, -0.2) is 0 Å². The standard InChI is InChI=1S/C13H13NO2/c1-9(14-15)10-3-4-12-8-13(16-2)6-5-11(12)7-10/h3-8,15H,1-2H3. The van der Waals surface area contributed by atoms with Crippen molar-refractivity contribution in [3.63, 3.8) is 0 Å². The molecular formula is C13H13NO2. The van der Waals surface area contributed by atoms with Crippen LogP contribution in [-0.4, -0.2) is 18.0 Å². The lowest BCUT2D eigenvalue weighted by atomic mass is 10.0. The van der Waals surface area contributed by atoms with E-state index in [4.69, 9.17) is 9.94 Å². The summed E-state index contributed by atoms with van der Waals surface area (Å²) >= 11 is 0.